The van der Waals surface area contributed by atoms with Gasteiger partial charge >= 0.3 is 0 Å². The highest BCUT2D eigenvalue weighted by Gasteiger charge is 2.30. The van der Waals surface area contributed by atoms with Crippen LogP contribution in [-0.4, -0.2) is 61.2 Å². The van der Waals surface area contributed by atoms with Crippen molar-refractivity contribution in [3.63, 3.8) is 0 Å². The lowest BCUT2D eigenvalue weighted by Crippen LogP contribution is -2.50. The van der Waals surface area contributed by atoms with Crippen molar-refractivity contribution >= 4 is 59.9 Å². The van der Waals surface area contributed by atoms with Crippen molar-refractivity contribution in [2.75, 3.05) is 38.0 Å². The molecule has 1 aromatic carbocycles. The van der Waals surface area contributed by atoms with Gasteiger partial charge in [0, 0.05) is 36.0 Å². The highest BCUT2D eigenvalue weighted by atomic mass is 79.9. The second-order valence-electron chi connectivity index (χ2n) is 6.10. The molecule has 2 heterocycles. The molecule has 0 bridgehead atoms. The third-order valence-electron chi connectivity index (χ3n) is 4.08. The molecule has 27 heavy (non-hydrogen) atoms. The molecule has 1 saturated heterocycles. The van der Waals surface area contributed by atoms with E-state index in [0.717, 1.165) is 10.2 Å². The number of anilines is 1. The monoisotopic (exact) mass is 492 g/mol. The van der Waals surface area contributed by atoms with Crippen LogP contribution < -0.4 is 5.32 Å². The molecule has 0 spiro atoms. The van der Waals surface area contributed by atoms with Crippen LogP contribution in [0.1, 0.15) is 5.69 Å². The number of hydrogen-bond donors (Lipinski definition) is 1. The number of nitrogens with one attached hydrogen (secondary N) is 1. The number of benzene rings is 1. The summed E-state index contributed by atoms with van der Waals surface area (Å²) >= 11 is 10.8. The van der Waals surface area contributed by atoms with Gasteiger partial charge in [-0.05, 0) is 25.1 Å². The SMILES string of the molecule is Cc1csc(NC(=O)CN2CCN(S(=O)(=O)c3ccc(Br)cc3Cl)CC2)n1. The van der Waals surface area contributed by atoms with E-state index in [4.69, 9.17) is 11.6 Å². The number of halogens is 2. The van der Waals surface area contributed by atoms with E-state index in [-0.39, 0.29) is 22.4 Å². The maximum atomic E-state index is 12.8. The van der Waals surface area contributed by atoms with Crippen molar-refractivity contribution in [1.29, 1.82) is 0 Å². The predicted octanol–water partition coefficient (Wildman–Crippen LogP) is 2.81. The van der Waals surface area contributed by atoms with Crippen LogP contribution in [0.15, 0.2) is 32.9 Å². The quantitative estimate of drug-likeness (QED) is 0.692. The fourth-order valence-electron chi connectivity index (χ4n) is 2.72. The van der Waals surface area contributed by atoms with E-state index in [1.54, 1.807) is 12.1 Å². The summed E-state index contributed by atoms with van der Waals surface area (Å²) in [4.78, 5) is 18.3. The summed E-state index contributed by atoms with van der Waals surface area (Å²) in [6, 6.07) is 4.71. The average molecular weight is 494 g/mol. The van der Waals surface area contributed by atoms with E-state index in [2.05, 4.69) is 26.2 Å². The largest absolute Gasteiger partial charge is 0.301 e. The standard InChI is InChI=1S/C16H18BrClN4O3S2/c1-11-10-26-16(19-11)20-15(23)9-21-4-6-22(7-5-21)27(24,25)14-3-2-12(17)8-13(14)18/h2-3,8,10H,4-7,9H2,1H3,(H,19,20,23). The first kappa shape index (κ1) is 20.7. The Bertz CT molecular complexity index is 943. The summed E-state index contributed by atoms with van der Waals surface area (Å²) in [5, 5.41) is 5.39. The molecule has 0 aliphatic carbocycles. The van der Waals surface area contributed by atoms with Crippen LogP contribution in [-0.2, 0) is 14.8 Å². The van der Waals surface area contributed by atoms with Crippen molar-refractivity contribution in [2.45, 2.75) is 11.8 Å². The highest BCUT2D eigenvalue weighted by Crippen LogP contribution is 2.28. The van der Waals surface area contributed by atoms with Gasteiger partial charge in [0.15, 0.2) is 5.13 Å². The smallest absolute Gasteiger partial charge is 0.244 e. The van der Waals surface area contributed by atoms with Crippen molar-refractivity contribution in [3.05, 3.63) is 38.8 Å². The Hall–Kier alpha value is -1.04. The van der Waals surface area contributed by atoms with Crippen molar-refractivity contribution in [1.82, 2.24) is 14.2 Å². The summed E-state index contributed by atoms with van der Waals surface area (Å²) in [7, 11) is -3.66. The lowest BCUT2D eigenvalue weighted by molar-refractivity contribution is -0.117. The number of hydrogen-bond acceptors (Lipinski definition) is 6. The lowest BCUT2D eigenvalue weighted by atomic mass is 10.3. The molecule has 0 atom stereocenters. The Kier molecular flexibility index (Phi) is 6.54. The Morgan fingerprint density at radius 3 is 2.63 bits per heavy atom. The van der Waals surface area contributed by atoms with E-state index in [0.29, 0.717) is 31.3 Å². The summed E-state index contributed by atoms with van der Waals surface area (Å²) in [6.07, 6.45) is 0. The molecular formula is C16H18BrClN4O3S2. The van der Waals surface area contributed by atoms with Crippen LogP contribution in [0, 0.1) is 6.92 Å². The first-order chi connectivity index (χ1) is 12.8. The Balaban J connectivity index is 1.57. The van der Waals surface area contributed by atoms with Crippen LogP contribution in [0.4, 0.5) is 5.13 Å². The van der Waals surface area contributed by atoms with Crippen LogP contribution in [0.5, 0.6) is 0 Å². The van der Waals surface area contributed by atoms with E-state index >= 15 is 0 Å². The first-order valence-corrected chi connectivity index (χ1v) is 11.6. The van der Waals surface area contributed by atoms with Gasteiger partial charge < -0.3 is 5.32 Å². The molecule has 7 nitrogen and oxygen atoms in total. The van der Waals surface area contributed by atoms with Crippen LogP contribution in [0.3, 0.4) is 0 Å². The number of rotatable bonds is 5. The minimum atomic E-state index is -3.66. The summed E-state index contributed by atoms with van der Waals surface area (Å²) in [5.41, 5.74) is 0.862. The molecule has 0 saturated carbocycles. The maximum absolute atomic E-state index is 12.8. The Morgan fingerprint density at radius 2 is 2.04 bits per heavy atom. The van der Waals surface area contributed by atoms with Gasteiger partial charge in [0.2, 0.25) is 15.9 Å². The molecule has 1 N–H and O–H groups in total. The van der Waals surface area contributed by atoms with Gasteiger partial charge in [-0.25, -0.2) is 13.4 Å². The molecule has 1 aliphatic rings. The number of piperazine rings is 1. The molecular weight excluding hydrogens is 476 g/mol. The average Bonchev–Trinajstić information content (AvgIpc) is 2.99. The molecule has 3 rings (SSSR count). The Labute approximate surface area is 175 Å². The number of aryl methyl sites for hydroxylation is 1. The summed E-state index contributed by atoms with van der Waals surface area (Å²) < 4.78 is 27.8. The van der Waals surface area contributed by atoms with Gasteiger partial charge in [-0.2, -0.15) is 4.31 Å². The van der Waals surface area contributed by atoms with Crippen LogP contribution in [0.2, 0.25) is 5.02 Å². The van der Waals surface area contributed by atoms with Crippen molar-refractivity contribution in [2.24, 2.45) is 0 Å². The van der Waals surface area contributed by atoms with Gasteiger partial charge in [-0.15, -0.1) is 11.3 Å². The molecule has 1 amide bonds. The summed E-state index contributed by atoms with van der Waals surface area (Å²) in [5.74, 6) is -0.156. The van der Waals surface area contributed by atoms with E-state index in [9.17, 15) is 13.2 Å². The van der Waals surface area contributed by atoms with Gasteiger partial charge in [0.25, 0.3) is 0 Å². The van der Waals surface area contributed by atoms with Gasteiger partial charge in [-0.1, -0.05) is 27.5 Å². The summed E-state index contributed by atoms with van der Waals surface area (Å²) in [6.45, 7) is 3.61. The van der Waals surface area contributed by atoms with Crippen LogP contribution in [0.25, 0.3) is 0 Å². The molecule has 146 valence electrons. The molecule has 0 unspecified atom stereocenters. The molecule has 1 aliphatic heterocycles. The zero-order valence-electron chi connectivity index (χ0n) is 14.5. The number of carbonyl (C=O) groups is 1. The minimum absolute atomic E-state index is 0.0951. The fraction of sp³-hybridized carbons (Fsp3) is 0.375. The lowest BCUT2D eigenvalue weighted by Gasteiger charge is -2.33. The van der Waals surface area contributed by atoms with Crippen molar-refractivity contribution in [3.8, 4) is 0 Å². The topological polar surface area (TPSA) is 82.6 Å². The predicted molar refractivity (Wildman–Crippen MR) is 110 cm³/mol. The van der Waals surface area contributed by atoms with Crippen molar-refractivity contribution < 1.29 is 13.2 Å². The number of amides is 1. The highest BCUT2D eigenvalue weighted by molar-refractivity contribution is 9.10. The second kappa shape index (κ2) is 8.54. The fourth-order valence-corrected chi connectivity index (χ4v) is 5.86. The van der Waals surface area contributed by atoms with E-state index in [1.807, 2.05) is 17.2 Å². The zero-order valence-corrected chi connectivity index (χ0v) is 18.5. The number of aromatic nitrogens is 1. The maximum Gasteiger partial charge on any atom is 0.244 e. The number of carbonyl (C=O) groups excluding carboxylic acids is 1. The zero-order chi connectivity index (χ0) is 19.6. The second-order valence-corrected chi connectivity index (χ2v) is 10.2. The Morgan fingerprint density at radius 1 is 1.33 bits per heavy atom. The molecule has 2 aromatic rings. The normalized spacial score (nSPS) is 16.4. The van der Waals surface area contributed by atoms with Gasteiger partial charge in [-0.3, -0.25) is 9.69 Å². The minimum Gasteiger partial charge on any atom is -0.301 e. The molecule has 0 radical (unpaired) electrons. The molecule has 11 heteroatoms. The number of thiazole rings is 1. The number of nitrogens with zero attached hydrogens (tertiary/aromatic N) is 3. The van der Waals surface area contributed by atoms with Gasteiger partial charge in [0.1, 0.15) is 4.90 Å². The van der Waals surface area contributed by atoms with E-state index < -0.39 is 10.0 Å². The van der Waals surface area contributed by atoms with Crippen LogP contribution >= 0.6 is 38.9 Å². The third kappa shape index (κ3) is 5.07. The van der Waals surface area contributed by atoms with E-state index in [1.165, 1.54) is 21.7 Å². The molecule has 1 aromatic heterocycles. The van der Waals surface area contributed by atoms with Gasteiger partial charge in [0.05, 0.1) is 17.3 Å². The third-order valence-corrected chi connectivity index (χ3v) is 7.83. The molecule has 1 fully saturated rings. The first-order valence-electron chi connectivity index (χ1n) is 8.15. The number of sulfonamides is 1.